The predicted octanol–water partition coefficient (Wildman–Crippen LogP) is 1.76. The molecule has 1 heterocycles. The van der Waals surface area contributed by atoms with Gasteiger partial charge in [0.2, 0.25) is 5.91 Å². The molecule has 0 unspecified atom stereocenters. The van der Waals surface area contributed by atoms with Gasteiger partial charge >= 0.3 is 0 Å². The summed E-state index contributed by atoms with van der Waals surface area (Å²) in [6.45, 7) is 2.42. The molecular formula is C13H20N2O2S. The fourth-order valence-corrected chi connectivity index (χ4v) is 3.25. The average Bonchev–Trinajstić information content (AvgIpc) is 2.88. The van der Waals surface area contributed by atoms with Crippen molar-refractivity contribution in [2.75, 3.05) is 13.6 Å². The smallest absolute Gasteiger partial charge is 0.229 e. The van der Waals surface area contributed by atoms with Gasteiger partial charge in [-0.15, -0.1) is 11.3 Å². The van der Waals surface area contributed by atoms with Crippen molar-refractivity contribution in [1.29, 1.82) is 0 Å². The Morgan fingerprint density at radius 1 is 1.56 bits per heavy atom. The number of aliphatic hydroxyl groups is 1. The van der Waals surface area contributed by atoms with E-state index < -0.39 is 5.60 Å². The van der Waals surface area contributed by atoms with E-state index in [1.807, 2.05) is 6.92 Å². The van der Waals surface area contributed by atoms with Crippen LogP contribution in [0.3, 0.4) is 0 Å². The van der Waals surface area contributed by atoms with E-state index in [-0.39, 0.29) is 5.91 Å². The average molecular weight is 268 g/mol. The second kappa shape index (κ2) is 5.36. The summed E-state index contributed by atoms with van der Waals surface area (Å²) < 4.78 is 0. The first kappa shape index (κ1) is 13.5. The zero-order chi connectivity index (χ0) is 13.2. The lowest BCUT2D eigenvalue weighted by atomic mass is 10.0. The lowest BCUT2D eigenvalue weighted by Crippen LogP contribution is -2.42. The Morgan fingerprint density at radius 2 is 2.22 bits per heavy atom. The Hall–Kier alpha value is -0.940. The van der Waals surface area contributed by atoms with Crippen LogP contribution in [0.2, 0.25) is 0 Å². The fourth-order valence-electron chi connectivity index (χ4n) is 2.47. The SMILES string of the molecule is Cc1cnc(CC(=O)N(C)CC2(O)CCCC2)s1. The minimum absolute atomic E-state index is 0.0321. The molecular weight excluding hydrogens is 248 g/mol. The molecule has 1 aromatic rings. The minimum Gasteiger partial charge on any atom is -0.388 e. The van der Waals surface area contributed by atoms with E-state index in [0.717, 1.165) is 35.6 Å². The Bertz CT molecular complexity index is 424. The van der Waals surface area contributed by atoms with E-state index in [2.05, 4.69) is 4.98 Å². The number of carbonyl (C=O) groups is 1. The van der Waals surface area contributed by atoms with Crippen molar-refractivity contribution in [2.24, 2.45) is 0 Å². The van der Waals surface area contributed by atoms with Gasteiger partial charge in [-0.05, 0) is 19.8 Å². The first-order valence-corrected chi connectivity index (χ1v) is 7.18. The van der Waals surface area contributed by atoms with Gasteiger partial charge in [-0.3, -0.25) is 4.79 Å². The van der Waals surface area contributed by atoms with Crippen LogP contribution >= 0.6 is 11.3 Å². The van der Waals surface area contributed by atoms with E-state index in [9.17, 15) is 9.90 Å². The van der Waals surface area contributed by atoms with Crippen molar-refractivity contribution >= 4 is 17.2 Å². The summed E-state index contributed by atoms with van der Waals surface area (Å²) in [4.78, 5) is 19.0. The normalized spacial score (nSPS) is 17.9. The van der Waals surface area contributed by atoms with E-state index in [1.54, 1.807) is 29.5 Å². The summed E-state index contributed by atoms with van der Waals surface area (Å²) in [5, 5.41) is 11.1. The summed E-state index contributed by atoms with van der Waals surface area (Å²) in [6.07, 6.45) is 5.86. The first-order valence-electron chi connectivity index (χ1n) is 6.36. The zero-order valence-electron chi connectivity index (χ0n) is 11.0. The molecule has 5 heteroatoms. The highest BCUT2D eigenvalue weighted by Gasteiger charge is 2.33. The topological polar surface area (TPSA) is 53.4 Å². The molecule has 100 valence electrons. The van der Waals surface area contributed by atoms with Crippen molar-refractivity contribution in [3.05, 3.63) is 16.1 Å². The molecule has 4 nitrogen and oxygen atoms in total. The van der Waals surface area contributed by atoms with Crippen molar-refractivity contribution in [1.82, 2.24) is 9.88 Å². The van der Waals surface area contributed by atoms with Crippen LogP contribution in [0.1, 0.15) is 35.6 Å². The molecule has 1 fully saturated rings. The third kappa shape index (κ3) is 3.29. The number of likely N-dealkylation sites (N-methyl/N-ethyl adjacent to an activating group) is 1. The Morgan fingerprint density at radius 3 is 2.78 bits per heavy atom. The molecule has 1 amide bonds. The number of hydrogen-bond acceptors (Lipinski definition) is 4. The molecule has 0 atom stereocenters. The molecule has 2 rings (SSSR count). The van der Waals surface area contributed by atoms with E-state index in [1.165, 1.54) is 0 Å². The number of aromatic nitrogens is 1. The highest BCUT2D eigenvalue weighted by molar-refractivity contribution is 7.11. The zero-order valence-corrected chi connectivity index (χ0v) is 11.8. The van der Waals surface area contributed by atoms with Gasteiger partial charge in [0.1, 0.15) is 5.01 Å². The molecule has 1 N–H and O–H groups in total. The second-order valence-electron chi connectivity index (χ2n) is 5.22. The number of aryl methyl sites for hydroxylation is 1. The molecule has 1 aliphatic rings. The van der Waals surface area contributed by atoms with E-state index in [4.69, 9.17) is 0 Å². The number of thiazole rings is 1. The third-order valence-corrected chi connectivity index (χ3v) is 4.38. The van der Waals surface area contributed by atoms with Crippen molar-refractivity contribution in [3.63, 3.8) is 0 Å². The van der Waals surface area contributed by atoms with Gasteiger partial charge in [-0.25, -0.2) is 4.98 Å². The summed E-state index contributed by atoms with van der Waals surface area (Å²) in [5.41, 5.74) is -0.663. The van der Waals surface area contributed by atoms with Gasteiger partial charge in [0, 0.05) is 24.7 Å². The van der Waals surface area contributed by atoms with Crippen molar-refractivity contribution < 1.29 is 9.90 Å². The van der Waals surface area contributed by atoms with Crippen LogP contribution in [0.25, 0.3) is 0 Å². The van der Waals surface area contributed by atoms with Crippen LogP contribution in [0, 0.1) is 6.92 Å². The number of carbonyl (C=O) groups excluding carboxylic acids is 1. The highest BCUT2D eigenvalue weighted by Crippen LogP contribution is 2.30. The lowest BCUT2D eigenvalue weighted by Gasteiger charge is -2.28. The van der Waals surface area contributed by atoms with Crippen LogP contribution in [0.4, 0.5) is 0 Å². The molecule has 0 radical (unpaired) electrons. The van der Waals surface area contributed by atoms with Crippen LogP contribution in [-0.4, -0.2) is 40.1 Å². The lowest BCUT2D eigenvalue weighted by molar-refractivity contribution is -0.132. The Kier molecular flexibility index (Phi) is 4.02. The minimum atomic E-state index is -0.663. The predicted molar refractivity (Wildman–Crippen MR) is 71.6 cm³/mol. The molecule has 1 saturated carbocycles. The number of nitrogens with zero attached hydrogens (tertiary/aromatic N) is 2. The highest BCUT2D eigenvalue weighted by atomic mass is 32.1. The van der Waals surface area contributed by atoms with Gasteiger partial charge in [-0.2, -0.15) is 0 Å². The van der Waals surface area contributed by atoms with Crippen LogP contribution in [-0.2, 0) is 11.2 Å². The number of hydrogen-bond donors (Lipinski definition) is 1. The monoisotopic (exact) mass is 268 g/mol. The molecule has 1 aromatic heterocycles. The number of rotatable bonds is 4. The molecule has 1 aliphatic carbocycles. The van der Waals surface area contributed by atoms with Gasteiger partial charge in [0.05, 0.1) is 12.0 Å². The molecule has 0 aromatic carbocycles. The quantitative estimate of drug-likeness (QED) is 0.905. The summed E-state index contributed by atoms with van der Waals surface area (Å²) >= 11 is 1.55. The van der Waals surface area contributed by atoms with Crippen LogP contribution in [0.5, 0.6) is 0 Å². The first-order chi connectivity index (χ1) is 8.48. The van der Waals surface area contributed by atoms with Crippen LogP contribution in [0.15, 0.2) is 6.20 Å². The van der Waals surface area contributed by atoms with Gasteiger partial charge in [0.15, 0.2) is 0 Å². The summed E-state index contributed by atoms with van der Waals surface area (Å²) in [6, 6.07) is 0. The van der Waals surface area contributed by atoms with Crippen molar-refractivity contribution in [3.8, 4) is 0 Å². The maximum absolute atomic E-state index is 12.0. The Balaban J connectivity index is 1.88. The Labute approximate surface area is 112 Å². The largest absolute Gasteiger partial charge is 0.388 e. The van der Waals surface area contributed by atoms with Gasteiger partial charge in [-0.1, -0.05) is 12.8 Å². The van der Waals surface area contributed by atoms with Crippen molar-refractivity contribution in [2.45, 2.75) is 44.6 Å². The fraction of sp³-hybridized carbons (Fsp3) is 0.692. The molecule has 0 aliphatic heterocycles. The summed E-state index contributed by atoms with van der Waals surface area (Å²) in [5.74, 6) is 0.0321. The standard InChI is InChI=1S/C13H20N2O2S/c1-10-8-14-11(18-10)7-12(16)15(2)9-13(17)5-3-4-6-13/h8,17H,3-7,9H2,1-2H3. The van der Waals surface area contributed by atoms with E-state index in [0.29, 0.717) is 13.0 Å². The summed E-state index contributed by atoms with van der Waals surface area (Å²) in [7, 11) is 1.76. The molecule has 0 saturated heterocycles. The third-order valence-electron chi connectivity index (χ3n) is 3.46. The molecule has 18 heavy (non-hydrogen) atoms. The number of amides is 1. The van der Waals surface area contributed by atoms with Gasteiger partial charge in [0.25, 0.3) is 0 Å². The van der Waals surface area contributed by atoms with E-state index >= 15 is 0 Å². The maximum Gasteiger partial charge on any atom is 0.229 e. The molecule has 0 spiro atoms. The second-order valence-corrected chi connectivity index (χ2v) is 6.54. The molecule has 0 bridgehead atoms. The van der Waals surface area contributed by atoms with Gasteiger partial charge < -0.3 is 10.0 Å². The van der Waals surface area contributed by atoms with Crippen LogP contribution < -0.4 is 0 Å². The maximum atomic E-state index is 12.0.